The molecule has 2 heterocycles. The lowest BCUT2D eigenvalue weighted by Gasteiger charge is -2.30. The Kier molecular flexibility index (Phi) is 4.38. The maximum absolute atomic E-state index is 13.6. The van der Waals surface area contributed by atoms with Crippen molar-refractivity contribution >= 4 is 34.2 Å². The molecule has 0 bridgehead atoms. The fraction of sp³-hybridized carbons (Fsp3) is 0.533. The van der Waals surface area contributed by atoms with E-state index in [1.54, 1.807) is 6.07 Å². The topological polar surface area (TPSA) is 27.1 Å². The molecule has 0 radical (unpaired) electrons. The first kappa shape index (κ1) is 15.1. The first-order valence-corrected chi connectivity index (χ1v) is 8.02. The summed E-state index contributed by atoms with van der Waals surface area (Å²) >= 11 is 12.0. The third-order valence-electron chi connectivity index (χ3n) is 4.28. The van der Waals surface area contributed by atoms with Gasteiger partial charge < -0.3 is 9.30 Å². The Morgan fingerprint density at radius 2 is 2.14 bits per heavy atom. The highest BCUT2D eigenvalue weighted by atomic mass is 35.5. The molecule has 0 spiro atoms. The number of alkyl halides is 1. The minimum absolute atomic E-state index is 0.115. The number of ether oxygens (including phenoxy) is 1. The number of fused-ring (bicyclic) bond motifs is 1. The normalized spacial score (nSPS) is 18.3. The van der Waals surface area contributed by atoms with Gasteiger partial charge >= 0.3 is 0 Å². The molecule has 6 heteroatoms. The van der Waals surface area contributed by atoms with Crippen LogP contribution < -0.4 is 0 Å². The highest BCUT2D eigenvalue weighted by Crippen LogP contribution is 2.33. The quantitative estimate of drug-likeness (QED) is 0.771. The van der Waals surface area contributed by atoms with Gasteiger partial charge in [-0.2, -0.15) is 0 Å². The second-order valence-corrected chi connectivity index (χ2v) is 6.15. The fourth-order valence-electron chi connectivity index (χ4n) is 3.10. The van der Waals surface area contributed by atoms with Crippen LogP contribution in [0.3, 0.4) is 0 Å². The Balaban J connectivity index is 2.08. The van der Waals surface area contributed by atoms with Crippen molar-refractivity contribution < 1.29 is 9.13 Å². The monoisotopic (exact) mass is 330 g/mol. The van der Waals surface area contributed by atoms with E-state index in [2.05, 4.69) is 16.5 Å². The Morgan fingerprint density at radius 1 is 1.43 bits per heavy atom. The van der Waals surface area contributed by atoms with Gasteiger partial charge in [0.1, 0.15) is 11.6 Å². The van der Waals surface area contributed by atoms with Gasteiger partial charge in [0.15, 0.2) is 0 Å². The zero-order chi connectivity index (χ0) is 15.0. The van der Waals surface area contributed by atoms with Crippen molar-refractivity contribution in [3.05, 3.63) is 28.8 Å². The van der Waals surface area contributed by atoms with Crippen molar-refractivity contribution in [2.24, 2.45) is 5.92 Å². The van der Waals surface area contributed by atoms with Crippen molar-refractivity contribution in [1.29, 1.82) is 0 Å². The first-order chi connectivity index (χ1) is 10.1. The molecule has 3 nitrogen and oxygen atoms in total. The van der Waals surface area contributed by atoms with Crippen LogP contribution in [0.5, 0.6) is 0 Å². The summed E-state index contributed by atoms with van der Waals surface area (Å²) in [4.78, 5) is 4.45. The van der Waals surface area contributed by atoms with E-state index in [0.717, 1.165) is 37.4 Å². The fourth-order valence-corrected chi connectivity index (χ4v) is 3.44. The smallest absolute Gasteiger partial charge is 0.144 e. The molecule has 1 aromatic carbocycles. The van der Waals surface area contributed by atoms with Crippen molar-refractivity contribution in [3.63, 3.8) is 0 Å². The van der Waals surface area contributed by atoms with Crippen LogP contribution in [-0.4, -0.2) is 22.8 Å². The zero-order valence-corrected chi connectivity index (χ0v) is 13.3. The van der Waals surface area contributed by atoms with E-state index < -0.39 is 5.82 Å². The molecule has 114 valence electrons. The number of halogens is 3. The van der Waals surface area contributed by atoms with Crippen molar-refractivity contribution in [1.82, 2.24) is 9.55 Å². The van der Waals surface area contributed by atoms with Gasteiger partial charge in [0.05, 0.1) is 21.9 Å². The van der Waals surface area contributed by atoms with Gasteiger partial charge in [0.2, 0.25) is 0 Å². The van der Waals surface area contributed by atoms with E-state index in [1.165, 1.54) is 6.07 Å². The van der Waals surface area contributed by atoms with E-state index in [9.17, 15) is 4.39 Å². The summed E-state index contributed by atoms with van der Waals surface area (Å²) in [6.45, 7) is 3.73. The van der Waals surface area contributed by atoms with Gasteiger partial charge in [-0.05, 0) is 31.7 Å². The molecular formula is C15H17Cl2FN2O. The Hall–Kier alpha value is -0.840. The molecule has 1 unspecified atom stereocenters. The third kappa shape index (κ3) is 2.77. The largest absolute Gasteiger partial charge is 0.381 e. The van der Waals surface area contributed by atoms with E-state index in [1.807, 2.05) is 0 Å². The molecule has 3 rings (SSSR count). The molecular weight excluding hydrogens is 314 g/mol. The molecule has 0 saturated carbocycles. The highest BCUT2D eigenvalue weighted by Gasteiger charge is 2.25. The molecule has 1 aliphatic rings. The highest BCUT2D eigenvalue weighted by molar-refractivity contribution is 6.31. The molecule has 1 fully saturated rings. The van der Waals surface area contributed by atoms with E-state index >= 15 is 0 Å². The van der Waals surface area contributed by atoms with Crippen LogP contribution >= 0.6 is 23.2 Å². The first-order valence-electron chi connectivity index (χ1n) is 7.11. The number of imidazole rings is 1. The van der Waals surface area contributed by atoms with E-state index in [-0.39, 0.29) is 11.1 Å². The van der Waals surface area contributed by atoms with Gasteiger partial charge in [-0.15, -0.1) is 11.6 Å². The maximum atomic E-state index is 13.6. The maximum Gasteiger partial charge on any atom is 0.144 e. The standard InChI is InChI=1S/C15H17Cl2FN2O/c1-9(10-2-4-21-5-3-10)20-14-6-11(17)12(18)7-13(14)19-15(20)8-16/h6-7,9-10H,2-5,8H2,1H3. The summed E-state index contributed by atoms with van der Waals surface area (Å²) in [5.41, 5.74) is 1.45. The van der Waals surface area contributed by atoms with Gasteiger partial charge in [-0.1, -0.05) is 11.6 Å². The third-order valence-corrected chi connectivity index (χ3v) is 4.81. The Bertz CT molecular complexity index is 653. The zero-order valence-electron chi connectivity index (χ0n) is 11.8. The summed E-state index contributed by atoms with van der Waals surface area (Å²) in [5, 5.41) is 0.115. The lowest BCUT2D eigenvalue weighted by molar-refractivity contribution is 0.0516. The molecule has 1 saturated heterocycles. The molecule has 1 atom stereocenters. The number of aromatic nitrogens is 2. The Morgan fingerprint density at radius 3 is 2.81 bits per heavy atom. The van der Waals surface area contributed by atoms with Crippen LogP contribution in [0.4, 0.5) is 4.39 Å². The average Bonchev–Trinajstić information content (AvgIpc) is 2.85. The predicted octanol–water partition coefficient (Wildman–Crippen LogP) is 4.56. The van der Waals surface area contributed by atoms with Crippen LogP contribution in [0.2, 0.25) is 5.02 Å². The van der Waals surface area contributed by atoms with Gasteiger partial charge in [-0.25, -0.2) is 9.37 Å². The van der Waals surface area contributed by atoms with Crippen molar-refractivity contribution in [3.8, 4) is 0 Å². The molecule has 2 aromatic rings. The lowest BCUT2D eigenvalue weighted by Crippen LogP contribution is -2.25. The van der Waals surface area contributed by atoms with Crippen LogP contribution in [-0.2, 0) is 10.6 Å². The molecule has 1 aliphatic heterocycles. The number of nitrogens with zero attached hydrogens (tertiary/aromatic N) is 2. The van der Waals surface area contributed by atoms with Gasteiger partial charge in [-0.3, -0.25) is 0 Å². The summed E-state index contributed by atoms with van der Waals surface area (Å²) in [5.74, 6) is 1.10. The number of hydrogen-bond acceptors (Lipinski definition) is 2. The van der Waals surface area contributed by atoms with Crippen molar-refractivity contribution in [2.45, 2.75) is 31.7 Å². The summed E-state index contributed by atoms with van der Waals surface area (Å²) in [6.07, 6.45) is 2.02. The molecule has 1 aromatic heterocycles. The minimum Gasteiger partial charge on any atom is -0.381 e. The molecule has 0 N–H and O–H groups in total. The summed E-state index contributed by atoms with van der Waals surface area (Å²) in [7, 11) is 0. The predicted molar refractivity (Wildman–Crippen MR) is 82.5 cm³/mol. The Labute approximate surface area is 133 Å². The second-order valence-electron chi connectivity index (χ2n) is 5.48. The van der Waals surface area contributed by atoms with Crippen LogP contribution in [0.1, 0.15) is 31.6 Å². The van der Waals surface area contributed by atoms with Gasteiger partial charge in [0.25, 0.3) is 0 Å². The van der Waals surface area contributed by atoms with Gasteiger partial charge in [0, 0.05) is 25.3 Å². The van der Waals surface area contributed by atoms with E-state index in [4.69, 9.17) is 27.9 Å². The SMILES string of the molecule is CC(C1CCOCC1)n1c(CCl)nc2cc(F)c(Cl)cc21. The van der Waals surface area contributed by atoms with E-state index in [0.29, 0.717) is 17.3 Å². The summed E-state index contributed by atoms with van der Waals surface area (Å²) in [6, 6.07) is 3.25. The van der Waals surface area contributed by atoms with Crippen molar-refractivity contribution in [2.75, 3.05) is 13.2 Å². The van der Waals surface area contributed by atoms with Crippen LogP contribution in [0, 0.1) is 11.7 Å². The molecule has 0 aliphatic carbocycles. The number of rotatable bonds is 3. The molecule has 0 amide bonds. The lowest BCUT2D eigenvalue weighted by atomic mass is 9.92. The minimum atomic E-state index is -0.450. The average molecular weight is 331 g/mol. The van der Waals surface area contributed by atoms with Crippen LogP contribution in [0.15, 0.2) is 12.1 Å². The second kappa shape index (κ2) is 6.11. The van der Waals surface area contributed by atoms with Crippen LogP contribution in [0.25, 0.3) is 11.0 Å². The molecule has 21 heavy (non-hydrogen) atoms. The number of hydrogen-bond donors (Lipinski definition) is 0. The summed E-state index contributed by atoms with van der Waals surface area (Å²) < 4.78 is 21.1. The number of benzene rings is 1.